The summed E-state index contributed by atoms with van der Waals surface area (Å²) in [5.74, 6) is -0.115. The zero-order valence-corrected chi connectivity index (χ0v) is 18.4. The third-order valence-corrected chi connectivity index (χ3v) is 5.60. The molecule has 0 bridgehead atoms. The van der Waals surface area contributed by atoms with Crippen molar-refractivity contribution in [1.29, 1.82) is 0 Å². The van der Waals surface area contributed by atoms with E-state index in [1.54, 1.807) is 24.3 Å². The number of rotatable bonds is 7. The quantitative estimate of drug-likeness (QED) is 0.667. The molecule has 2 N–H and O–H groups in total. The normalized spacial score (nSPS) is 16.0. The summed E-state index contributed by atoms with van der Waals surface area (Å²) in [6, 6.07) is 16.3. The Morgan fingerprint density at radius 2 is 1.65 bits per heavy atom. The van der Waals surface area contributed by atoms with Crippen LogP contribution in [0.25, 0.3) is 0 Å². The van der Waals surface area contributed by atoms with Gasteiger partial charge < -0.3 is 10.6 Å². The molecule has 164 valence electrons. The fourth-order valence-corrected chi connectivity index (χ4v) is 4.01. The molecule has 0 saturated carbocycles. The van der Waals surface area contributed by atoms with Crippen LogP contribution in [-0.4, -0.2) is 41.6 Å². The van der Waals surface area contributed by atoms with Gasteiger partial charge in [0.2, 0.25) is 11.8 Å². The lowest BCUT2D eigenvalue weighted by Crippen LogP contribution is -2.46. The summed E-state index contributed by atoms with van der Waals surface area (Å²) >= 11 is 0. The molecule has 0 aliphatic carbocycles. The molecule has 31 heavy (non-hydrogen) atoms. The van der Waals surface area contributed by atoms with Crippen LogP contribution in [0.4, 0.5) is 5.69 Å². The van der Waals surface area contributed by atoms with Gasteiger partial charge in [0.05, 0.1) is 0 Å². The maximum Gasteiger partial charge on any atom is 0.246 e. The maximum atomic E-state index is 13.3. The first kappa shape index (κ1) is 22.7. The third kappa shape index (κ3) is 6.01. The molecule has 2 aromatic carbocycles. The zero-order chi connectivity index (χ0) is 22.4. The number of nitrogens with zero attached hydrogens (tertiary/aromatic N) is 1. The minimum Gasteiger partial charge on any atom is -0.354 e. The van der Waals surface area contributed by atoms with Crippen molar-refractivity contribution in [2.24, 2.45) is 5.92 Å². The first-order valence-corrected chi connectivity index (χ1v) is 10.9. The molecule has 1 saturated heterocycles. The van der Waals surface area contributed by atoms with Crippen molar-refractivity contribution in [2.75, 3.05) is 18.4 Å². The minimum atomic E-state index is -0.462. The highest BCUT2D eigenvalue weighted by molar-refractivity contribution is 5.98. The Kier molecular flexibility index (Phi) is 7.58. The summed E-state index contributed by atoms with van der Waals surface area (Å²) in [5, 5.41) is 5.97. The lowest BCUT2D eigenvalue weighted by atomic mass is 9.93. The SMILES string of the molecule is CC(=O)c1cccc(NC(=O)C(c2ccccc2)N2CCC(C(=O)NC(C)C)CC2)c1. The zero-order valence-electron chi connectivity index (χ0n) is 18.4. The first-order valence-electron chi connectivity index (χ1n) is 10.9. The number of anilines is 1. The second-order valence-corrected chi connectivity index (χ2v) is 8.41. The number of carbonyl (C=O) groups excluding carboxylic acids is 3. The number of hydrogen-bond donors (Lipinski definition) is 2. The van der Waals surface area contributed by atoms with E-state index in [-0.39, 0.29) is 29.6 Å². The van der Waals surface area contributed by atoms with Crippen LogP contribution < -0.4 is 10.6 Å². The van der Waals surface area contributed by atoms with Crippen molar-refractivity contribution in [3.8, 4) is 0 Å². The topological polar surface area (TPSA) is 78.5 Å². The molecule has 0 spiro atoms. The van der Waals surface area contributed by atoms with Crippen LogP contribution in [0, 0.1) is 5.92 Å². The lowest BCUT2D eigenvalue weighted by molar-refractivity contribution is -0.127. The monoisotopic (exact) mass is 421 g/mol. The van der Waals surface area contributed by atoms with E-state index < -0.39 is 6.04 Å². The van der Waals surface area contributed by atoms with Gasteiger partial charge in [-0.3, -0.25) is 19.3 Å². The Morgan fingerprint density at radius 3 is 2.26 bits per heavy atom. The van der Waals surface area contributed by atoms with Gasteiger partial charge in [-0.15, -0.1) is 0 Å². The highest BCUT2D eigenvalue weighted by Gasteiger charge is 2.33. The summed E-state index contributed by atoms with van der Waals surface area (Å²) in [5.41, 5.74) is 2.07. The molecule has 1 atom stereocenters. The fourth-order valence-electron chi connectivity index (χ4n) is 4.01. The van der Waals surface area contributed by atoms with Crippen LogP contribution in [0.15, 0.2) is 54.6 Å². The number of ketones is 1. The second kappa shape index (κ2) is 10.4. The standard InChI is InChI=1S/C25H31N3O3/c1-17(2)26-24(30)20-12-14-28(15-13-20)23(19-8-5-4-6-9-19)25(31)27-22-11-7-10-21(16-22)18(3)29/h4-11,16-17,20,23H,12-15H2,1-3H3,(H,26,30)(H,27,31). The Labute approximate surface area is 184 Å². The summed E-state index contributed by atoms with van der Waals surface area (Å²) < 4.78 is 0. The largest absolute Gasteiger partial charge is 0.354 e. The van der Waals surface area contributed by atoms with Gasteiger partial charge in [-0.2, -0.15) is 0 Å². The van der Waals surface area contributed by atoms with Gasteiger partial charge in [-0.25, -0.2) is 0 Å². The number of Topliss-reactive ketones (excluding diaryl/α,β-unsaturated/α-hetero) is 1. The van der Waals surface area contributed by atoms with E-state index in [1.807, 2.05) is 44.2 Å². The average Bonchev–Trinajstić information content (AvgIpc) is 2.75. The molecule has 6 nitrogen and oxygen atoms in total. The van der Waals surface area contributed by atoms with E-state index in [1.165, 1.54) is 6.92 Å². The molecule has 2 amide bonds. The number of piperidine rings is 1. The molecule has 1 heterocycles. The maximum absolute atomic E-state index is 13.3. The van der Waals surface area contributed by atoms with Crippen LogP contribution in [-0.2, 0) is 9.59 Å². The van der Waals surface area contributed by atoms with Gasteiger partial charge in [0.25, 0.3) is 0 Å². The average molecular weight is 422 g/mol. The van der Waals surface area contributed by atoms with Gasteiger partial charge >= 0.3 is 0 Å². The third-order valence-electron chi connectivity index (χ3n) is 5.60. The van der Waals surface area contributed by atoms with Crippen molar-refractivity contribution in [1.82, 2.24) is 10.2 Å². The summed E-state index contributed by atoms with van der Waals surface area (Å²) in [6.45, 7) is 6.76. The van der Waals surface area contributed by atoms with Gasteiger partial charge in [-0.1, -0.05) is 42.5 Å². The van der Waals surface area contributed by atoms with Crippen molar-refractivity contribution < 1.29 is 14.4 Å². The highest BCUT2D eigenvalue weighted by atomic mass is 16.2. The molecule has 0 aromatic heterocycles. The van der Waals surface area contributed by atoms with E-state index in [4.69, 9.17) is 0 Å². The molecule has 1 unspecified atom stereocenters. The highest BCUT2D eigenvalue weighted by Crippen LogP contribution is 2.28. The Balaban J connectivity index is 1.75. The molecule has 1 fully saturated rings. The molecule has 1 aliphatic rings. The van der Waals surface area contributed by atoms with Crippen LogP contribution in [0.3, 0.4) is 0 Å². The predicted octanol–water partition coefficient (Wildman–Crippen LogP) is 3.81. The molecule has 2 aromatic rings. The van der Waals surface area contributed by atoms with E-state index in [2.05, 4.69) is 15.5 Å². The van der Waals surface area contributed by atoms with Crippen LogP contribution in [0.1, 0.15) is 55.6 Å². The minimum absolute atomic E-state index is 0.0228. The summed E-state index contributed by atoms with van der Waals surface area (Å²) in [7, 11) is 0. The van der Waals surface area contributed by atoms with E-state index >= 15 is 0 Å². The summed E-state index contributed by atoms with van der Waals surface area (Å²) in [6.07, 6.45) is 1.43. The molecule has 6 heteroatoms. The Hall–Kier alpha value is -2.99. The van der Waals surface area contributed by atoms with E-state index in [0.717, 1.165) is 18.4 Å². The molecule has 1 aliphatic heterocycles. The van der Waals surface area contributed by atoms with Crippen molar-refractivity contribution in [3.05, 3.63) is 65.7 Å². The fraction of sp³-hybridized carbons (Fsp3) is 0.400. The Morgan fingerprint density at radius 1 is 0.968 bits per heavy atom. The van der Waals surface area contributed by atoms with Crippen molar-refractivity contribution in [2.45, 2.75) is 45.7 Å². The van der Waals surface area contributed by atoms with Crippen molar-refractivity contribution >= 4 is 23.3 Å². The summed E-state index contributed by atoms with van der Waals surface area (Å²) in [4.78, 5) is 39.5. The number of amides is 2. The molecule has 0 radical (unpaired) electrons. The van der Waals surface area contributed by atoms with E-state index in [9.17, 15) is 14.4 Å². The number of likely N-dealkylation sites (tertiary alicyclic amines) is 1. The lowest BCUT2D eigenvalue weighted by Gasteiger charge is -2.36. The number of carbonyl (C=O) groups is 3. The smallest absolute Gasteiger partial charge is 0.246 e. The van der Waals surface area contributed by atoms with Crippen LogP contribution in [0.5, 0.6) is 0 Å². The number of benzene rings is 2. The molecular weight excluding hydrogens is 390 g/mol. The Bertz CT molecular complexity index is 919. The van der Waals surface area contributed by atoms with Gasteiger partial charge in [0, 0.05) is 23.2 Å². The number of hydrogen-bond acceptors (Lipinski definition) is 4. The van der Waals surface area contributed by atoms with Gasteiger partial charge in [-0.05, 0) is 64.4 Å². The molecule has 3 rings (SSSR count). The van der Waals surface area contributed by atoms with Gasteiger partial charge in [0.15, 0.2) is 5.78 Å². The van der Waals surface area contributed by atoms with Gasteiger partial charge in [0.1, 0.15) is 6.04 Å². The van der Waals surface area contributed by atoms with Crippen molar-refractivity contribution in [3.63, 3.8) is 0 Å². The number of nitrogens with one attached hydrogen (secondary N) is 2. The first-order chi connectivity index (χ1) is 14.8. The van der Waals surface area contributed by atoms with Crippen LogP contribution >= 0.6 is 0 Å². The van der Waals surface area contributed by atoms with Crippen LogP contribution in [0.2, 0.25) is 0 Å². The predicted molar refractivity (Wildman–Crippen MR) is 122 cm³/mol. The second-order valence-electron chi connectivity index (χ2n) is 8.41. The molecular formula is C25H31N3O3. The van der Waals surface area contributed by atoms with E-state index in [0.29, 0.717) is 24.3 Å².